The molecule has 0 bridgehead atoms. The van der Waals surface area contributed by atoms with E-state index in [1.165, 1.54) is 32.1 Å². The fourth-order valence-corrected chi connectivity index (χ4v) is 4.31. The number of aryl methyl sites for hydroxylation is 1. The van der Waals surface area contributed by atoms with Gasteiger partial charge in [0.2, 0.25) is 0 Å². The van der Waals surface area contributed by atoms with Gasteiger partial charge >= 0.3 is 0 Å². The van der Waals surface area contributed by atoms with Crippen molar-refractivity contribution in [1.82, 2.24) is 0 Å². The second-order valence-electron chi connectivity index (χ2n) is 6.76. The van der Waals surface area contributed by atoms with Crippen LogP contribution in [0.2, 0.25) is 0 Å². The highest BCUT2D eigenvalue weighted by atomic mass is 32.2. The quantitative estimate of drug-likeness (QED) is 0.781. The highest BCUT2D eigenvalue weighted by molar-refractivity contribution is 7.92. The first-order valence-electron chi connectivity index (χ1n) is 8.91. The van der Waals surface area contributed by atoms with Gasteiger partial charge in [0.15, 0.2) is 0 Å². The molecule has 2 aromatic rings. The summed E-state index contributed by atoms with van der Waals surface area (Å²) in [6.07, 6.45) is 10.7. The molecule has 4 heteroatoms. The molecule has 0 unspecified atom stereocenters. The van der Waals surface area contributed by atoms with Crippen molar-refractivity contribution < 1.29 is 8.42 Å². The molecule has 2 aromatic carbocycles. The van der Waals surface area contributed by atoms with Gasteiger partial charge in [0.25, 0.3) is 10.0 Å². The smallest absolute Gasteiger partial charge is 0.261 e. The van der Waals surface area contributed by atoms with E-state index in [1.54, 1.807) is 12.1 Å². The molecule has 3 rings (SSSR count). The third-order valence-corrected chi connectivity index (χ3v) is 6.12. The maximum Gasteiger partial charge on any atom is 0.261 e. The second kappa shape index (κ2) is 7.87. The maximum absolute atomic E-state index is 12.6. The minimum Gasteiger partial charge on any atom is -0.279 e. The Kier molecular flexibility index (Phi) is 5.59. The number of rotatable bonds is 5. The summed E-state index contributed by atoms with van der Waals surface area (Å²) in [5.41, 5.74) is 2.56. The molecule has 3 nitrogen and oxygen atoms in total. The molecule has 1 fully saturated rings. The Bertz CT molecular complexity index is 832. The third-order valence-electron chi connectivity index (χ3n) is 4.73. The average Bonchev–Trinajstić information content (AvgIpc) is 2.62. The molecule has 1 aliphatic rings. The van der Waals surface area contributed by atoms with E-state index in [-0.39, 0.29) is 4.90 Å². The number of benzene rings is 2. The second-order valence-corrected chi connectivity index (χ2v) is 8.45. The molecule has 0 spiro atoms. The van der Waals surface area contributed by atoms with Gasteiger partial charge in [-0.2, -0.15) is 0 Å². The van der Waals surface area contributed by atoms with Crippen molar-refractivity contribution in [2.75, 3.05) is 4.72 Å². The number of sulfonamides is 1. The van der Waals surface area contributed by atoms with Crippen molar-refractivity contribution >= 4 is 21.8 Å². The lowest BCUT2D eigenvalue weighted by atomic mass is 9.89. The third kappa shape index (κ3) is 4.73. The molecule has 0 amide bonds. The molecule has 0 heterocycles. The Labute approximate surface area is 150 Å². The zero-order valence-electron chi connectivity index (χ0n) is 14.6. The lowest BCUT2D eigenvalue weighted by Crippen LogP contribution is -2.13. The molecule has 132 valence electrons. The monoisotopic (exact) mass is 355 g/mol. The van der Waals surface area contributed by atoms with E-state index >= 15 is 0 Å². The van der Waals surface area contributed by atoms with Gasteiger partial charge in [-0.15, -0.1) is 0 Å². The van der Waals surface area contributed by atoms with Gasteiger partial charge in [0, 0.05) is 0 Å². The number of para-hydroxylation sites is 1. The summed E-state index contributed by atoms with van der Waals surface area (Å²) >= 11 is 0. The van der Waals surface area contributed by atoms with Crippen molar-refractivity contribution in [1.29, 1.82) is 0 Å². The largest absolute Gasteiger partial charge is 0.279 e. The van der Waals surface area contributed by atoms with E-state index in [2.05, 4.69) is 16.9 Å². The Balaban J connectivity index is 1.80. The van der Waals surface area contributed by atoms with E-state index in [0.29, 0.717) is 11.6 Å². The fourth-order valence-electron chi connectivity index (χ4n) is 3.22. The Morgan fingerprint density at radius 3 is 2.36 bits per heavy atom. The summed E-state index contributed by atoms with van der Waals surface area (Å²) in [5, 5.41) is 0. The van der Waals surface area contributed by atoms with E-state index in [0.717, 1.165) is 11.1 Å². The van der Waals surface area contributed by atoms with Crippen LogP contribution in [0, 0.1) is 12.8 Å². The van der Waals surface area contributed by atoms with E-state index in [9.17, 15) is 8.42 Å². The predicted molar refractivity (Wildman–Crippen MR) is 104 cm³/mol. The normalized spacial score (nSPS) is 16.2. The van der Waals surface area contributed by atoms with Crippen LogP contribution in [0.4, 0.5) is 5.69 Å². The summed E-state index contributed by atoms with van der Waals surface area (Å²) in [6, 6.07) is 14.4. The van der Waals surface area contributed by atoms with Crippen LogP contribution >= 0.6 is 0 Å². The lowest BCUT2D eigenvalue weighted by Gasteiger charge is -2.18. The molecular formula is C21H25NO2S. The van der Waals surface area contributed by atoms with Crippen LogP contribution in [0.1, 0.15) is 43.2 Å². The number of allylic oxidation sites excluding steroid dienone is 1. The van der Waals surface area contributed by atoms with Crippen LogP contribution in [-0.2, 0) is 10.0 Å². The minimum atomic E-state index is -3.58. The average molecular weight is 356 g/mol. The van der Waals surface area contributed by atoms with Crippen LogP contribution in [0.15, 0.2) is 59.5 Å². The first-order valence-corrected chi connectivity index (χ1v) is 10.4. The van der Waals surface area contributed by atoms with Crippen molar-refractivity contribution in [3.63, 3.8) is 0 Å². The van der Waals surface area contributed by atoms with Crippen LogP contribution in [0.25, 0.3) is 6.08 Å². The molecule has 0 saturated heterocycles. The summed E-state index contributed by atoms with van der Waals surface area (Å²) in [6.45, 7) is 1.94. The first-order chi connectivity index (χ1) is 12.0. The van der Waals surface area contributed by atoms with Gasteiger partial charge in [0.05, 0.1) is 10.6 Å². The van der Waals surface area contributed by atoms with E-state index < -0.39 is 10.0 Å². The number of hydrogen-bond donors (Lipinski definition) is 1. The first kappa shape index (κ1) is 17.7. The van der Waals surface area contributed by atoms with Crippen LogP contribution in [-0.4, -0.2) is 8.42 Å². The van der Waals surface area contributed by atoms with Gasteiger partial charge < -0.3 is 0 Å². The standard InChI is InChI=1S/C21H25NO2S/c1-17-11-15-20(16-12-17)25(23,24)22-21-10-6-5-9-19(21)14-13-18-7-3-2-4-8-18/h5-6,9-16,18,22H,2-4,7-8H2,1H3. The molecule has 1 N–H and O–H groups in total. The zero-order valence-corrected chi connectivity index (χ0v) is 15.4. The Morgan fingerprint density at radius 1 is 0.960 bits per heavy atom. The predicted octanol–water partition coefficient (Wildman–Crippen LogP) is 5.39. The molecule has 0 radical (unpaired) electrons. The van der Waals surface area contributed by atoms with Crippen molar-refractivity contribution in [3.8, 4) is 0 Å². The SMILES string of the molecule is Cc1ccc(S(=O)(=O)Nc2ccccc2C=CC2CCCCC2)cc1. The van der Waals surface area contributed by atoms with Gasteiger partial charge in [-0.05, 0) is 49.4 Å². The molecule has 25 heavy (non-hydrogen) atoms. The summed E-state index contributed by atoms with van der Waals surface area (Å²) in [5.74, 6) is 0.607. The fraction of sp³-hybridized carbons (Fsp3) is 0.333. The van der Waals surface area contributed by atoms with Crippen molar-refractivity contribution in [2.45, 2.75) is 43.9 Å². The number of nitrogens with one attached hydrogen (secondary N) is 1. The van der Waals surface area contributed by atoms with E-state index in [4.69, 9.17) is 0 Å². The molecular weight excluding hydrogens is 330 g/mol. The highest BCUT2D eigenvalue weighted by Crippen LogP contribution is 2.27. The minimum absolute atomic E-state index is 0.282. The van der Waals surface area contributed by atoms with Gasteiger partial charge in [0.1, 0.15) is 0 Å². The van der Waals surface area contributed by atoms with Gasteiger partial charge in [-0.1, -0.05) is 67.3 Å². The highest BCUT2D eigenvalue weighted by Gasteiger charge is 2.15. The summed E-state index contributed by atoms with van der Waals surface area (Å²) < 4.78 is 28.0. The van der Waals surface area contributed by atoms with Crippen LogP contribution < -0.4 is 4.72 Å². The topological polar surface area (TPSA) is 46.2 Å². The van der Waals surface area contributed by atoms with Crippen molar-refractivity contribution in [3.05, 3.63) is 65.7 Å². The van der Waals surface area contributed by atoms with Gasteiger partial charge in [-0.25, -0.2) is 8.42 Å². The number of anilines is 1. The maximum atomic E-state index is 12.6. The molecule has 1 aliphatic carbocycles. The molecule has 1 saturated carbocycles. The lowest BCUT2D eigenvalue weighted by molar-refractivity contribution is 0.420. The van der Waals surface area contributed by atoms with Crippen LogP contribution in [0.5, 0.6) is 0 Å². The number of hydrogen-bond acceptors (Lipinski definition) is 2. The van der Waals surface area contributed by atoms with Crippen molar-refractivity contribution in [2.24, 2.45) is 5.92 Å². The molecule has 0 aromatic heterocycles. The van der Waals surface area contributed by atoms with Gasteiger partial charge in [-0.3, -0.25) is 4.72 Å². The Hall–Kier alpha value is -2.07. The zero-order chi connectivity index (χ0) is 17.7. The molecule has 0 aliphatic heterocycles. The Morgan fingerprint density at radius 2 is 1.64 bits per heavy atom. The van der Waals surface area contributed by atoms with Crippen LogP contribution in [0.3, 0.4) is 0 Å². The molecule has 0 atom stereocenters. The summed E-state index contributed by atoms with van der Waals surface area (Å²) in [7, 11) is -3.58. The van der Waals surface area contributed by atoms with E-state index in [1.807, 2.05) is 43.3 Å². The summed E-state index contributed by atoms with van der Waals surface area (Å²) in [4.78, 5) is 0.282.